The van der Waals surface area contributed by atoms with E-state index in [-0.39, 0.29) is 30.0 Å². The van der Waals surface area contributed by atoms with Crippen LogP contribution in [0.5, 0.6) is 0 Å². The van der Waals surface area contributed by atoms with Crippen molar-refractivity contribution >= 4 is 0 Å². The zero-order valence-electron chi connectivity index (χ0n) is 13.1. The van der Waals surface area contributed by atoms with Crippen LogP contribution >= 0.6 is 0 Å². The third-order valence-electron chi connectivity index (χ3n) is 4.08. The molecule has 3 saturated heterocycles. The van der Waals surface area contributed by atoms with Gasteiger partial charge in [0.2, 0.25) is 0 Å². The molecular weight excluding hydrogens is 276 g/mol. The number of rotatable bonds is 11. The topological polar surface area (TPSA) is 65.3 Å². The first-order chi connectivity index (χ1) is 10.0. The average Bonchev–Trinajstić information content (AvgIpc) is 3.31. The van der Waals surface area contributed by atoms with Crippen molar-refractivity contribution in [3.8, 4) is 0 Å². The van der Waals surface area contributed by atoms with Gasteiger partial charge in [-0.2, -0.15) is 0 Å². The Bertz CT molecular complexity index is 343. The molecule has 0 aromatic carbocycles. The van der Waals surface area contributed by atoms with Gasteiger partial charge in [0.05, 0.1) is 51.3 Å². The minimum Gasteiger partial charge on any atom is -0.376 e. The summed E-state index contributed by atoms with van der Waals surface area (Å²) < 4.78 is 33.1. The van der Waals surface area contributed by atoms with Gasteiger partial charge >= 0.3 is 0 Å². The standard InChI is InChI=1S/C15H26O6/c1-10-13(20-10)8-17-5-11(4-16-6-12-7-18-12)19-9-14-15(2,3)21-14/h10-14H,4-9H2,1-3H3. The molecule has 122 valence electrons. The molecule has 3 aliphatic heterocycles. The van der Waals surface area contributed by atoms with E-state index in [1.165, 1.54) is 0 Å². The predicted molar refractivity (Wildman–Crippen MR) is 74.4 cm³/mol. The van der Waals surface area contributed by atoms with Gasteiger partial charge in [0.25, 0.3) is 0 Å². The molecule has 3 aliphatic rings. The van der Waals surface area contributed by atoms with Crippen LogP contribution in [0.2, 0.25) is 0 Å². The zero-order chi connectivity index (χ0) is 14.9. The molecule has 21 heavy (non-hydrogen) atoms. The Balaban J connectivity index is 1.31. The summed E-state index contributed by atoms with van der Waals surface area (Å²) in [7, 11) is 0. The van der Waals surface area contributed by atoms with Crippen LogP contribution in [-0.2, 0) is 28.4 Å². The fourth-order valence-corrected chi connectivity index (χ4v) is 2.15. The van der Waals surface area contributed by atoms with Crippen molar-refractivity contribution in [3.63, 3.8) is 0 Å². The van der Waals surface area contributed by atoms with Crippen LogP contribution in [0.15, 0.2) is 0 Å². The minimum absolute atomic E-state index is 0.0502. The summed E-state index contributed by atoms with van der Waals surface area (Å²) in [4.78, 5) is 0. The molecule has 3 fully saturated rings. The van der Waals surface area contributed by atoms with Gasteiger partial charge in [-0.3, -0.25) is 0 Å². The Kier molecular flexibility index (Phi) is 4.83. The minimum atomic E-state index is -0.0715. The maximum Gasteiger partial charge on any atom is 0.110 e. The van der Waals surface area contributed by atoms with Crippen LogP contribution in [0, 0.1) is 0 Å². The number of hydrogen-bond acceptors (Lipinski definition) is 6. The number of epoxide rings is 3. The molecule has 3 heterocycles. The molecule has 0 spiro atoms. The lowest BCUT2D eigenvalue weighted by Crippen LogP contribution is -2.29. The summed E-state index contributed by atoms with van der Waals surface area (Å²) in [5.41, 5.74) is -0.0502. The summed E-state index contributed by atoms with van der Waals surface area (Å²) in [5.74, 6) is 0. The smallest absolute Gasteiger partial charge is 0.110 e. The molecule has 0 aliphatic carbocycles. The van der Waals surface area contributed by atoms with Crippen LogP contribution in [-0.4, -0.2) is 75.8 Å². The quantitative estimate of drug-likeness (QED) is 0.525. The van der Waals surface area contributed by atoms with E-state index in [0.29, 0.717) is 39.1 Å². The Labute approximate surface area is 126 Å². The molecule has 6 heteroatoms. The Morgan fingerprint density at radius 3 is 2.29 bits per heavy atom. The lowest BCUT2D eigenvalue weighted by atomic mass is 10.1. The molecule has 0 amide bonds. The number of hydrogen-bond donors (Lipinski definition) is 0. The first-order valence-corrected chi connectivity index (χ1v) is 7.76. The van der Waals surface area contributed by atoms with Crippen molar-refractivity contribution in [2.45, 2.75) is 56.9 Å². The highest BCUT2D eigenvalue weighted by molar-refractivity contribution is 4.94. The molecule has 0 aromatic rings. The molecule has 0 bridgehead atoms. The van der Waals surface area contributed by atoms with Gasteiger partial charge in [-0.1, -0.05) is 0 Å². The van der Waals surface area contributed by atoms with E-state index in [2.05, 4.69) is 13.8 Å². The van der Waals surface area contributed by atoms with E-state index in [9.17, 15) is 0 Å². The van der Waals surface area contributed by atoms with Gasteiger partial charge in [-0.15, -0.1) is 0 Å². The highest BCUT2D eigenvalue weighted by Gasteiger charge is 2.48. The molecule has 3 rings (SSSR count). The van der Waals surface area contributed by atoms with Crippen molar-refractivity contribution in [2.75, 3.05) is 39.6 Å². The second kappa shape index (κ2) is 6.48. The van der Waals surface area contributed by atoms with Gasteiger partial charge in [0, 0.05) is 0 Å². The van der Waals surface area contributed by atoms with Gasteiger partial charge in [0.1, 0.15) is 24.4 Å². The molecule has 0 aromatic heterocycles. The second-order valence-electron chi connectivity index (χ2n) is 6.58. The molecule has 5 atom stereocenters. The van der Waals surface area contributed by atoms with Crippen LogP contribution in [0.3, 0.4) is 0 Å². The van der Waals surface area contributed by atoms with Gasteiger partial charge in [-0.05, 0) is 20.8 Å². The largest absolute Gasteiger partial charge is 0.376 e. The summed E-state index contributed by atoms with van der Waals surface area (Å²) in [6.07, 6.45) is 0.958. The van der Waals surface area contributed by atoms with Crippen LogP contribution in [0.4, 0.5) is 0 Å². The second-order valence-corrected chi connectivity index (χ2v) is 6.58. The van der Waals surface area contributed by atoms with Crippen LogP contribution in [0.1, 0.15) is 20.8 Å². The Morgan fingerprint density at radius 1 is 1.14 bits per heavy atom. The lowest BCUT2D eigenvalue weighted by molar-refractivity contribution is -0.0662. The first kappa shape index (κ1) is 15.6. The normalized spacial score (nSPS) is 37.3. The summed E-state index contributed by atoms with van der Waals surface area (Å²) >= 11 is 0. The Morgan fingerprint density at radius 2 is 1.76 bits per heavy atom. The molecular formula is C15H26O6. The highest BCUT2D eigenvalue weighted by atomic mass is 16.6. The first-order valence-electron chi connectivity index (χ1n) is 7.76. The SMILES string of the molecule is CC1OC1COCC(COCC1CO1)OCC1OC1(C)C. The predicted octanol–water partition coefficient (Wildman–Crippen LogP) is 0.768. The van der Waals surface area contributed by atoms with E-state index in [4.69, 9.17) is 28.4 Å². The van der Waals surface area contributed by atoms with Gasteiger partial charge in [0.15, 0.2) is 0 Å². The van der Waals surface area contributed by atoms with Crippen molar-refractivity contribution < 1.29 is 28.4 Å². The Hall–Kier alpha value is -0.240. The maximum atomic E-state index is 5.88. The molecule has 5 unspecified atom stereocenters. The van der Waals surface area contributed by atoms with Gasteiger partial charge < -0.3 is 28.4 Å². The molecule has 0 saturated carbocycles. The fourth-order valence-electron chi connectivity index (χ4n) is 2.15. The van der Waals surface area contributed by atoms with Crippen molar-refractivity contribution in [3.05, 3.63) is 0 Å². The van der Waals surface area contributed by atoms with E-state index < -0.39 is 0 Å². The monoisotopic (exact) mass is 302 g/mol. The molecule has 0 N–H and O–H groups in total. The summed E-state index contributed by atoms with van der Waals surface area (Å²) in [6.45, 7) is 9.88. The highest BCUT2D eigenvalue weighted by Crippen LogP contribution is 2.35. The summed E-state index contributed by atoms with van der Waals surface area (Å²) in [6, 6.07) is 0. The van der Waals surface area contributed by atoms with Crippen molar-refractivity contribution in [2.24, 2.45) is 0 Å². The molecule has 0 radical (unpaired) electrons. The van der Waals surface area contributed by atoms with Crippen LogP contribution in [0.25, 0.3) is 0 Å². The van der Waals surface area contributed by atoms with Crippen molar-refractivity contribution in [1.29, 1.82) is 0 Å². The number of ether oxygens (including phenoxy) is 6. The lowest BCUT2D eigenvalue weighted by Gasteiger charge is -2.17. The van der Waals surface area contributed by atoms with Crippen molar-refractivity contribution in [1.82, 2.24) is 0 Å². The van der Waals surface area contributed by atoms with E-state index in [0.717, 1.165) is 6.61 Å². The molecule has 6 nitrogen and oxygen atoms in total. The zero-order valence-corrected chi connectivity index (χ0v) is 13.1. The third kappa shape index (κ3) is 5.16. The summed E-state index contributed by atoms with van der Waals surface area (Å²) in [5, 5.41) is 0. The fraction of sp³-hybridized carbons (Fsp3) is 1.00. The van der Waals surface area contributed by atoms with E-state index in [1.54, 1.807) is 0 Å². The van der Waals surface area contributed by atoms with Gasteiger partial charge in [-0.25, -0.2) is 0 Å². The third-order valence-corrected chi connectivity index (χ3v) is 4.08. The van der Waals surface area contributed by atoms with Crippen LogP contribution < -0.4 is 0 Å². The average molecular weight is 302 g/mol. The van der Waals surface area contributed by atoms with E-state index >= 15 is 0 Å². The van der Waals surface area contributed by atoms with E-state index in [1.807, 2.05) is 6.92 Å². The maximum absolute atomic E-state index is 5.88.